The van der Waals surface area contributed by atoms with Crippen LogP contribution in [-0.4, -0.2) is 30.1 Å². The molecule has 0 heterocycles. The van der Waals surface area contributed by atoms with Crippen LogP contribution in [-0.2, 0) is 6.54 Å². The van der Waals surface area contributed by atoms with Crippen LogP contribution in [0.3, 0.4) is 0 Å². The molecule has 2 saturated carbocycles. The van der Waals surface area contributed by atoms with Crippen LogP contribution in [0.2, 0.25) is 0 Å². The van der Waals surface area contributed by atoms with Gasteiger partial charge in [0.05, 0.1) is 7.11 Å². The maximum atomic E-state index is 13.3. The molecule has 1 N–H and O–H groups in total. The van der Waals surface area contributed by atoms with Gasteiger partial charge in [0.2, 0.25) is 0 Å². The molecule has 2 amide bonds. The van der Waals surface area contributed by atoms with E-state index in [-0.39, 0.29) is 6.03 Å². The van der Waals surface area contributed by atoms with Gasteiger partial charge in [0, 0.05) is 18.6 Å². The van der Waals surface area contributed by atoms with Crippen molar-refractivity contribution >= 4 is 6.03 Å². The fourth-order valence-electron chi connectivity index (χ4n) is 5.07. The molecule has 4 rings (SSSR count). The van der Waals surface area contributed by atoms with Crippen molar-refractivity contribution in [1.29, 1.82) is 0 Å². The zero-order valence-electron chi connectivity index (χ0n) is 18.1. The van der Waals surface area contributed by atoms with Crippen LogP contribution in [0, 0.1) is 0 Å². The van der Waals surface area contributed by atoms with Gasteiger partial charge in [-0.15, -0.1) is 0 Å². The number of rotatable bonds is 6. The van der Waals surface area contributed by atoms with Crippen molar-refractivity contribution in [3.63, 3.8) is 0 Å². The van der Waals surface area contributed by atoms with E-state index in [0.717, 1.165) is 49.8 Å². The Bertz CT molecular complexity index is 792. The van der Waals surface area contributed by atoms with Crippen LogP contribution in [0.25, 0.3) is 0 Å². The van der Waals surface area contributed by atoms with Crippen molar-refractivity contribution < 1.29 is 9.53 Å². The largest absolute Gasteiger partial charge is 0.497 e. The summed E-state index contributed by atoms with van der Waals surface area (Å²) in [6.45, 7) is 0.656. The minimum absolute atomic E-state index is 0.112. The molecule has 2 aliphatic carbocycles. The van der Waals surface area contributed by atoms with Gasteiger partial charge in [0.15, 0.2) is 0 Å². The van der Waals surface area contributed by atoms with Gasteiger partial charge in [0.1, 0.15) is 5.75 Å². The molecule has 0 atom stereocenters. The number of amides is 2. The van der Waals surface area contributed by atoms with E-state index in [0.29, 0.717) is 24.5 Å². The molecule has 0 aromatic heterocycles. The molecule has 2 aromatic rings. The van der Waals surface area contributed by atoms with Crippen LogP contribution in [0.15, 0.2) is 54.6 Å². The molecule has 0 saturated heterocycles. The lowest BCUT2D eigenvalue weighted by Crippen LogP contribution is -2.49. The standard InChI is InChI=1S/C26H34N2O2/c1-30-25-17-11-20(12-18-25)19-28(26(29)27-23-9-5-6-10-23)24-15-13-22(14-16-24)21-7-3-2-4-8-21/h2-4,7-8,11-12,17-18,22-24H,5-6,9-10,13-16,19H2,1H3,(H,27,29)/t22-,24-. The predicted molar refractivity (Wildman–Crippen MR) is 121 cm³/mol. The molecule has 0 unspecified atom stereocenters. The maximum absolute atomic E-state index is 13.3. The molecule has 160 valence electrons. The number of hydrogen-bond acceptors (Lipinski definition) is 2. The maximum Gasteiger partial charge on any atom is 0.318 e. The predicted octanol–water partition coefficient (Wildman–Crippen LogP) is 5.88. The second kappa shape index (κ2) is 10.0. The molecule has 2 fully saturated rings. The third-order valence-electron chi connectivity index (χ3n) is 6.86. The normalized spacial score (nSPS) is 21.9. The molecule has 4 nitrogen and oxygen atoms in total. The molecule has 4 heteroatoms. The molecule has 0 bridgehead atoms. The van der Waals surface area contributed by atoms with Gasteiger partial charge >= 0.3 is 6.03 Å². The van der Waals surface area contributed by atoms with Gasteiger partial charge in [-0.05, 0) is 67.7 Å². The molecular formula is C26H34N2O2. The smallest absolute Gasteiger partial charge is 0.318 e. The summed E-state index contributed by atoms with van der Waals surface area (Å²) in [5, 5.41) is 3.32. The first-order valence-corrected chi connectivity index (χ1v) is 11.5. The Kier molecular flexibility index (Phi) is 6.93. The zero-order chi connectivity index (χ0) is 20.8. The van der Waals surface area contributed by atoms with Crippen molar-refractivity contribution in [2.45, 2.75) is 75.9 Å². The van der Waals surface area contributed by atoms with Gasteiger partial charge in [-0.3, -0.25) is 0 Å². The lowest BCUT2D eigenvalue weighted by Gasteiger charge is -2.38. The summed E-state index contributed by atoms with van der Waals surface area (Å²) in [6.07, 6.45) is 9.10. The number of carbonyl (C=O) groups is 1. The van der Waals surface area contributed by atoms with Gasteiger partial charge in [-0.2, -0.15) is 0 Å². The molecule has 0 aliphatic heterocycles. The van der Waals surface area contributed by atoms with Gasteiger partial charge < -0.3 is 15.0 Å². The van der Waals surface area contributed by atoms with E-state index in [4.69, 9.17) is 4.74 Å². The number of nitrogens with zero attached hydrogens (tertiary/aromatic N) is 1. The first-order chi connectivity index (χ1) is 14.7. The summed E-state index contributed by atoms with van der Waals surface area (Å²) in [5.41, 5.74) is 2.59. The highest BCUT2D eigenvalue weighted by Gasteiger charge is 2.31. The monoisotopic (exact) mass is 406 g/mol. The Morgan fingerprint density at radius 1 is 0.933 bits per heavy atom. The number of urea groups is 1. The summed E-state index contributed by atoms with van der Waals surface area (Å²) in [5.74, 6) is 1.47. The van der Waals surface area contributed by atoms with Crippen LogP contribution >= 0.6 is 0 Å². The Morgan fingerprint density at radius 2 is 1.60 bits per heavy atom. The third kappa shape index (κ3) is 5.16. The summed E-state index contributed by atoms with van der Waals surface area (Å²) in [7, 11) is 1.68. The summed E-state index contributed by atoms with van der Waals surface area (Å²) in [4.78, 5) is 15.4. The van der Waals surface area contributed by atoms with Crippen molar-refractivity contribution in [1.82, 2.24) is 10.2 Å². The average Bonchev–Trinajstić information content (AvgIpc) is 3.31. The van der Waals surface area contributed by atoms with E-state index in [1.807, 2.05) is 12.1 Å². The van der Waals surface area contributed by atoms with Crippen molar-refractivity contribution in [2.75, 3.05) is 7.11 Å². The summed E-state index contributed by atoms with van der Waals surface area (Å²) < 4.78 is 5.29. The van der Waals surface area contributed by atoms with Gasteiger partial charge in [-0.25, -0.2) is 4.79 Å². The zero-order valence-corrected chi connectivity index (χ0v) is 18.1. The highest BCUT2D eigenvalue weighted by molar-refractivity contribution is 5.75. The van der Waals surface area contributed by atoms with E-state index >= 15 is 0 Å². The highest BCUT2D eigenvalue weighted by atomic mass is 16.5. The Morgan fingerprint density at radius 3 is 2.23 bits per heavy atom. The highest BCUT2D eigenvalue weighted by Crippen LogP contribution is 2.35. The molecule has 30 heavy (non-hydrogen) atoms. The summed E-state index contributed by atoms with van der Waals surface area (Å²) in [6, 6.07) is 19.7. The van der Waals surface area contributed by atoms with Crippen molar-refractivity contribution in [3.8, 4) is 5.75 Å². The molecule has 0 radical (unpaired) electrons. The fraction of sp³-hybridized carbons (Fsp3) is 0.500. The van der Waals surface area contributed by atoms with Gasteiger partial charge in [-0.1, -0.05) is 55.3 Å². The molecule has 2 aliphatic rings. The average molecular weight is 407 g/mol. The van der Waals surface area contributed by atoms with E-state index in [9.17, 15) is 4.79 Å². The number of methoxy groups -OCH3 is 1. The molecule has 2 aromatic carbocycles. The lowest BCUT2D eigenvalue weighted by molar-refractivity contribution is 0.144. The number of ether oxygens (including phenoxy) is 1. The minimum Gasteiger partial charge on any atom is -0.497 e. The molecular weight excluding hydrogens is 372 g/mol. The minimum atomic E-state index is 0.112. The van der Waals surface area contributed by atoms with Crippen LogP contribution in [0.5, 0.6) is 5.75 Å². The van der Waals surface area contributed by atoms with Crippen LogP contribution in [0.4, 0.5) is 4.79 Å². The fourth-order valence-corrected chi connectivity index (χ4v) is 5.07. The quantitative estimate of drug-likeness (QED) is 0.651. The Balaban J connectivity index is 1.44. The van der Waals surface area contributed by atoms with E-state index < -0.39 is 0 Å². The van der Waals surface area contributed by atoms with E-state index in [1.165, 1.54) is 18.4 Å². The first kappa shape index (κ1) is 20.8. The second-order valence-electron chi connectivity index (χ2n) is 8.82. The lowest BCUT2D eigenvalue weighted by atomic mass is 9.81. The van der Waals surface area contributed by atoms with Crippen molar-refractivity contribution in [3.05, 3.63) is 65.7 Å². The Hall–Kier alpha value is -2.49. The first-order valence-electron chi connectivity index (χ1n) is 11.5. The van der Waals surface area contributed by atoms with Crippen LogP contribution in [0.1, 0.15) is 68.4 Å². The SMILES string of the molecule is COc1ccc(CN(C(=O)NC2CCCC2)[C@H]2CC[C@H](c3ccccc3)CC2)cc1. The Labute approximate surface area is 180 Å². The third-order valence-corrected chi connectivity index (χ3v) is 6.86. The number of carbonyl (C=O) groups excluding carboxylic acids is 1. The second-order valence-corrected chi connectivity index (χ2v) is 8.82. The van der Waals surface area contributed by atoms with E-state index in [2.05, 4.69) is 52.7 Å². The van der Waals surface area contributed by atoms with Gasteiger partial charge in [0.25, 0.3) is 0 Å². The van der Waals surface area contributed by atoms with E-state index in [1.54, 1.807) is 7.11 Å². The number of benzene rings is 2. The molecule has 0 spiro atoms. The van der Waals surface area contributed by atoms with Crippen molar-refractivity contribution in [2.24, 2.45) is 0 Å². The summed E-state index contributed by atoms with van der Waals surface area (Å²) >= 11 is 0. The topological polar surface area (TPSA) is 41.6 Å². The number of nitrogens with one attached hydrogen (secondary N) is 1. The van der Waals surface area contributed by atoms with Crippen LogP contribution < -0.4 is 10.1 Å². The number of hydrogen-bond donors (Lipinski definition) is 1.